The van der Waals surface area contributed by atoms with Crippen LogP contribution in [0.1, 0.15) is 15.5 Å². The number of nitrogens with one attached hydrogen (secondary N) is 1. The molecule has 0 fully saturated rings. The lowest BCUT2D eigenvalue weighted by atomic mass is 10.5. The van der Waals surface area contributed by atoms with Crippen molar-refractivity contribution in [2.45, 2.75) is 6.54 Å². The highest BCUT2D eigenvalue weighted by Crippen LogP contribution is 2.09. The molecule has 0 aliphatic heterocycles. The predicted molar refractivity (Wildman–Crippen MR) is 68.3 cm³/mol. The van der Waals surface area contributed by atoms with Crippen LogP contribution in [-0.2, 0) is 6.54 Å². The quantitative estimate of drug-likeness (QED) is 0.550. The number of hydrogen-bond acceptors (Lipinski definition) is 5. The van der Waals surface area contributed by atoms with E-state index in [1.807, 2.05) is 6.08 Å². The highest BCUT2D eigenvalue weighted by molar-refractivity contribution is 7.99. The minimum absolute atomic E-state index is 0.151. The van der Waals surface area contributed by atoms with Gasteiger partial charge >= 0.3 is 5.97 Å². The molecule has 0 spiro atoms. The number of thioether (sulfide) groups is 1. The monoisotopic (exact) mass is 258 g/mol. The maximum atomic E-state index is 10.6. The minimum atomic E-state index is -0.960. The number of hydrogen-bond donors (Lipinski definition) is 2. The van der Waals surface area contributed by atoms with E-state index in [2.05, 4.69) is 16.9 Å². The summed E-state index contributed by atoms with van der Waals surface area (Å²) in [5, 5.41) is 13.8. The summed E-state index contributed by atoms with van der Waals surface area (Å²) in [7, 11) is 0. The fraction of sp³-hybridized carbons (Fsp3) is 0.400. The van der Waals surface area contributed by atoms with Crippen LogP contribution in [0.5, 0.6) is 0 Å². The molecule has 0 aliphatic carbocycles. The van der Waals surface area contributed by atoms with E-state index in [0.29, 0.717) is 6.54 Å². The summed E-state index contributed by atoms with van der Waals surface area (Å²) >= 11 is 2.97. The molecule has 2 N–H and O–H groups in total. The predicted octanol–water partition coefficient (Wildman–Crippen LogP) is 1.85. The Morgan fingerprint density at radius 3 is 3.19 bits per heavy atom. The molecule has 16 heavy (non-hydrogen) atoms. The molecular formula is C10H14N2O2S2. The van der Waals surface area contributed by atoms with Crippen molar-refractivity contribution >= 4 is 29.1 Å². The van der Waals surface area contributed by atoms with Crippen LogP contribution >= 0.6 is 23.1 Å². The average molecular weight is 258 g/mol. The van der Waals surface area contributed by atoms with Crippen molar-refractivity contribution in [2.75, 3.05) is 18.1 Å². The van der Waals surface area contributed by atoms with E-state index >= 15 is 0 Å². The van der Waals surface area contributed by atoms with Crippen LogP contribution in [0.2, 0.25) is 0 Å². The highest BCUT2D eigenvalue weighted by atomic mass is 32.2. The molecule has 0 saturated carbocycles. The fourth-order valence-corrected chi connectivity index (χ4v) is 2.29. The molecule has 0 aromatic carbocycles. The molecule has 6 heteroatoms. The second kappa shape index (κ2) is 7.43. The number of carbonyl (C=O) groups is 1. The van der Waals surface area contributed by atoms with Gasteiger partial charge in [-0.1, -0.05) is 6.08 Å². The van der Waals surface area contributed by atoms with Crippen LogP contribution in [0, 0.1) is 0 Å². The number of aromatic carboxylic acids is 1. The maximum Gasteiger partial charge on any atom is 0.365 e. The lowest BCUT2D eigenvalue weighted by Gasteiger charge is -2.00. The number of carboxylic acid groups (broad SMARTS) is 1. The minimum Gasteiger partial charge on any atom is -0.476 e. The van der Waals surface area contributed by atoms with Crippen molar-refractivity contribution < 1.29 is 9.90 Å². The third-order valence-electron chi connectivity index (χ3n) is 1.70. The third-order valence-corrected chi connectivity index (χ3v) is 3.54. The van der Waals surface area contributed by atoms with E-state index in [-0.39, 0.29) is 5.01 Å². The van der Waals surface area contributed by atoms with E-state index in [1.165, 1.54) is 0 Å². The summed E-state index contributed by atoms with van der Waals surface area (Å²) in [6.07, 6.45) is 1.88. The van der Waals surface area contributed by atoms with Crippen LogP contribution in [0.4, 0.5) is 0 Å². The molecule has 1 aromatic rings. The molecule has 0 unspecified atom stereocenters. The Morgan fingerprint density at radius 1 is 1.75 bits per heavy atom. The highest BCUT2D eigenvalue weighted by Gasteiger charge is 2.07. The third kappa shape index (κ3) is 4.78. The Balaban J connectivity index is 2.16. The van der Waals surface area contributed by atoms with E-state index in [9.17, 15) is 4.79 Å². The lowest BCUT2D eigenvalue weighted by molar-refractivity contribution is 0.0696. The zero-order valence-corrected chi connectivity index (χ0v) is 10.4. The molecule has 4 nitrogen and oxygen atoms in total. The zero-order chi connectivity index (χ0) is 11.8. The molecule has 1 rings (SSSR count). The molecule has 0 radical (unpaired) electrons. The zero-order valence-electron chi connectivity index (χ0n) is 8.81. The molecule has 0 bridgehead atoms. The molecule has 0 amide bonds. The standard InChI is InChI=1S/C10H14N2O2S2/c1-2-4-15-5-3-11-6-8-7-16-9(12-8)10(13)14/h2,7,11H,1,3-6H2,(H,13,14). The van der Waals surface area contributed by atoms with Gasteiger partial charge in [-0.15, -0.1) is 17.9 Å². The first-order valence-corrected chi connectivity index (χ1v) is 6.84. The van der Waals surface area contributed by atoms with Crippen LogP contribution in [-0.4, -0.2) is 34.1 Å². The first kappa shape index (κ1) is 13.2. The van der Waals surface area contributed by atoms with Crippen molar-refractivity contribution in [1.82, 2.24) is 10.3 Å². The van der Waals surface area contributed by atoms with Gasteiger partial charge in [0.05, 0.1) is 5.69 Å². The molecule has 1 heterocycles. The summed E-state index contributed by atoms with van der Waals surface area (Å²) < 4.78 is 0. The molecule has 88 valence electrons. The first-order valence-electron chi connectivity index (χ1n) is 4.81. The Bertz CT molecular complexity index is 352. The summed E-state index contributed by atoms with van der Waals surface area (Å²) in [6, 6.07) is 0. The molecular weight excluding hydrogens is 244 g/mol. The Hall–Kier alpha value is -0.850. The topological polar surface area (TPSA) is 62.2 Å². The second-order valence-electron chi connectivity index (χ2n) is 2.99. The Kier molecular flexibility index (Phi) is 6.14. The van der Waals surface area contributed by atoms with Gasteiger partial charge in [0, 0.05) is 30.0 Å². The van der Waals surface area contributed by atoms with Crippen LogP contribution in [0.3, 0.4) is 0 Å². The number of carboxylic acids is 1. The molecule has 0 saturated heterocycles. The van der Waals surface area contributed by atoms with Crippen molar-refractivity contribution in [2.24, 2.45) is 0 Å². The second-order valence-corrected chi connectivity index (χ2v) is 5.00. The average Bonchev–Trinajstić information content (AvgIpc) is 2.72. The van der Waals surface area contributed by atoms with Gasteiger partial charge in [-0.2, -0.15) is 11.8 Å². The van der Waals surface area contributed by atoms with E-state index in [4.69, 9.17) is 5.11 Å². The number of aromatic nitrogens is 1. The normalized spacial score (nSPS) is 10.2. The Labute approximate surface area is 103 Å². The summed E-state index contributed by atoms with van der Waals surface area (Å²) in [4.78, 5) is 14.6. The SMILES string of the molecule is C=CCSCCNCc1csc(C(=O)O)n1. The maximum absolute atomic E-state index is 10.6. The van der Waals surface area contributed by atoms with Gasteiger partial charge in [-0.25, -0.2) is 9.78 Å². The summed E-state index contributed by atoms with van der Waals surface area (Å²) in [5.41, 5.74) is 0.788. The molecule has 0 aliphatic rings. The van der Waals surface area contributed by atoms with Gasteiger partial charge < -0.3 is 10.4 Å². The Morgan fingerprint density at radius 2 is 2.56 bits per heavy atom. The number of thiazole rings is 1. The fourth-order valence-electron chi connectivity index (χ4n) is 1.01. The number of nitrogens with zero attached hydrogens (tertiary/aromatic N) is 1. The van der Waals surface area contributed by atoms with Gasteiger partial charge in [0.15, 0.2) is 0 Å². The molecule has 0 atom stereocenters. The van der Waals surface area contributed by atoms with Gasteiger partial charge in [0.1, 0.15) is 0 Å². The van der Waals surface area contributed by atoms with Crippen LogP contribution in [0.15, 0.2) is 18.0 Å². The van der Waals surface area contributed by atoms with Gasteiger partial charge in [0.25, 0.3) is 0 Å². The summed E-state index contributed by atoms with van der Waals surface area (Å²) in [6.45, 7) is 5.15. The summed E-state index contributed by atoms with van der Waals surface area (Å²) in [5.74, 6) is 1.02. The van der Waals surface area contributed by atoms with E-state index in [1.54, 1.807) is 17.1 Å². The van der Waals surface area contributed by atoms with Crippen molar-refractivity contribution in [3.8, 4) is 0 Å². The van der Waals surface area contributed by atoms with E-state index in [0.717, 1.165) is 35.1 Å². The van der Waals surface area contributed by atoms with Gasteiger partial charge in [0.2, 0.25) is 5.01 Å². The van der Waals surface area contributed by atoms with Crippen LogP contribution in [0.25, 0.3) is 0 Å². The first-order chi connectivity index (χ1) is 7.74. The van der Waals surface area contributed by atoms with Crippen molar-refractivity contribution in [3.63, 3.8) is 0 Å². The molecule has 1 aromatic heterocycles. The van der Waals surface area contributed by atoms with Crippen molar-refractivity contribution in [1.29, 1.82) is 0 Å². The number of rotatable bonds is 8. The van der Waals surface area contributed by atoms with Crippen LogP contribution < -0.4 is 5.32 Å². The largest absolute Gasteiger partial charge is 0.476 e. The van der Waals surface area contributed by atoms with Crippen molar-refractivity contribution in [3.05, 3.63) is 28.7 Å². The lowest BCUT2D eigenvalue weighted by Crippen LogP contribution is -2.17. The smallest absolute Gasteiger partial charge is 0.365 e. The van der Waals surface area contributed by atoms with E-state index < -0.39 is 5.97 Å². The van der Waals surface area contributed by atoms with Gasteiger partial charge in [-0.3, -0.25) is 0 Å². The van der Waals surface area contributed by atoms with Gasteiger partial charge in [-0.05, 0) is 0 Å².